The Morgan fingerprint density at radius 3 is 2.75 bits per heavy atom. The lowest BCUT2D eigenvalue weighted by Crippen LogP contribution is -2.33. The maximum atomic E-state index is 10.8. The summed E-state index contributed by atoms with van der Waals surface area (Å²) in [5.41, 5.74) is 0. The monoisotopic (exact) mass is 193 g/mol. The van der Waals surface area contributed by atoms with Crippen LogP contribution in [0.2, 0.25) is 0 Å². The number of ether oxygens (including phenoxy) is 1. The Labute approximate surface area is 77.3 Å². The molecule has 74 valence electrons. The summed E-state index contributed by atoms with van der Waals surface area (Å²) >= 11 is 0. The van der Waals surface area contributed by atoms with Crippen molar-refractivity contribution in [3.63, 3.8) is 0 Å². The van der Waals surface area contributed by atoms with E-state index in [9.17, 15) is 4.21 Å². The highest BCUT2D eigenvalue weighted by Crippen LogP contribution is 1.84. The Balaban J connectivity index is 3.19. The summed E-state index contributed by atoms with van der Waals surface area (Å²) in [6.45, 7) is 6.34. The van der Waals surface area contributed by atoms with Crippen LogP contribution in [0.25, 0.3) is 0 Å². The number of nitrogens with one attached hydrogen (secondary N) is 1. The SMILES string of the molecule is CCOCCNC(C)CS(C)=O. The fraction of sp³-hybridized carbons (Fsp3) is 1.00. The van der Waals surface area contributed by atoms with E-state index in [1.807, 2.05) is 13.8 Å². The van der Waals surface area contributed by atoms with E-state index in [1.54, 1.807) is 6.26 Å². The van der Waals surface area contributed by atoms with E-state index in [0.29, 0.717) is 11.8 Å². The molecule has 0 aliphatic heterocycles. The fourth-order valence-electron chi connectivity index (χ4n) is 0.933. The number of rotatable bonds is 7. The van der Waals surface area contributed by atoms with Gasteiger partial charge in [0.1, 0.15) is 0 Å². The van der Waals surface area contributed by atoms with Crippen LogP contribution < -0.4 is 5.32 Å². The van der Waals surface area contributed by atoms with Crippen molar-refractivity contribution in [3.05, 3.63) is 0 Å². The molecule has 0 saturated carbocycles. The van der Waals surface area contributed by atoms with Crippen molar-refractivity contribution in [1.29, 1.82) is 0 Å². The van der Waals surface area contributed by atoms with Crippen LogP contribution in [0.1, 0.15) is 13.8 Å². The molecular formula is C8H19NO2S. The molecule has 12 heavy (non-hydrogen) atoms. The molecule has 1 N–H and O–H groups in total. The topological polar surface area (TPSA) is 38.3 Å². The minimum absolute atomic E-state index is 0.316. The zero-order valence-electron chi connectivity index (χ0n) is 8.13. The van der Waals surface area contributed by atoms with Gasteiger partial charge < -0.3 is 10.1 Å². The largest absolute Gasteiger partial charge is 0.380 e. The molecule has 0 rings (SSSR count). The van der Waals surface area contributed by atoms with Crippen LogP contribution in [0.3, 0.4) is 0 Å². The Hall–Kier alpha value is 0.0700. The second kappa shape index (κ2) is 7.71. The lowest BCUT2D eigenvalue weighted by molar-refractivity contribution is 0.148. The predicted molar refractivity (Wildman–Crippen MR) is 52.9 cm³/mol. The van der Waals surface area contributed by atoms with Gasteiger partial charge in [-0.1, -0.05) is 0 Å². The normalized spacial score (nSPS) is 15.9. The van der Waals surface area contributed by atoms with Crippen LogP contribution in [-0.4, -0.2) is 42.0 Å². The van der Waals surface area contributed by atoms with Gasteiger partial charge in [-0.25, -0.2) is 0 Å². The summed E-state index contributed by atoms with van der Waals surface area (Å²) in [5.74, 6) is 0.714. The fourth-order valence-corrected chi connectivity index (χ4v) is 1.75. The van der Waals surface area contributed by atoms with Crippen molar-refractivity contribution in [2.75, 3.05) is 31.8 Å². The molecule has 0 amide bonds. The van der Waals surface area contributed by atoms with E-state index in [-0.39, 0.29) is 0 Å². The molecular weight excluding hydrogens is 174 g/mol. The maximum absolute atomic E-state index is 10.8. The Kier molecular flexibility index (Phi) is 7.75. The average Bonchev–Trinajstić information content (AvgIpc) is 1.97. The first kappa shape index (κ1) is 12.1. The molecule has 0 aromatic carbocycles. The van der Waals surface area contributed by atoms with Gasteiger partial charge in [-0.05, 0) is 13.8 Å². The average molecular weight is 193 g/mol. The molecule has 0 bridgehead atoms. The molecule has 0 aromatic heterocycles. The van der Waals surface area contributed by atoms with Crippen LogP contribution in [0.5, 0.6) is 0 Å². The summed E-state index contributed by atoms with van der Waals surface area (Å²) in [5, 5.41) is 3.23. The summed E-state index contributed by atoms with van der Waals surface area (Å²) in [4.78, 5) is 0. The van der Waals surface area contributed by atoms with E-state index in [1.165, 1.54) is 0 Å². The Morgan fingerprint density at radius 2 is 2.25 bits per heavy atom. The molecule has 0 saturated heterocycles. The molecule has 0 aliphatic carbocycles. The molecule has 4 heteroatoms. The van der Waals surface area contributed by atoms with Gasteiger partial charge in [0.15, 0.2) is 0 Å². The Bertz CT molecular complexity index is 130. The van der Waals surface area contributed by atoms with E-state index in [4.69, 9.17) is 4.74 Å². The molecule has 0 heterocycles. The zero-order valence-corrected chi connectivity index (χ0v) is 8.95. The molecule has 0 aromatic rings. The van der Waals surface area contributed by atoms with Gasteiger partial charge in [-0.2, -0.15) is 0 Å². The highest BCUT2D eigenvalue weighted by molar-refractivity contribution is 7.84. The summed E-state index contributed by atoms with van der Waals surface area (Å²) in [7, 11) is -0.706. The van der Waals surface area contributed by atoms with Crippen molar-refractivity contribution in [2.45, 2.75) is 19.9 Å². The first-order valence-corrected chi connectivity index (χ1v) is 6.00. The van der Waals surface area contributed by atoms with Gasteiger partial charge in [0.2, 0.25) is 0 Å². The summed E-state index contributed by atoms with van der Waals surface area (Å²) in [6.07, 6.45) is 1.72. The second-order valence-electron chi connectivity index (χ2n) is 2.79. The highest BCUT2D eigenvalue weighted by atomic mass is 32.2. The van der Waals surface area contributed by atoms with Gasteiger partial charge in [-0.15, -0.1) is 0 Å². The molecule has 2 unspecified atom stereocenters. The summed E-state index contributed by atoms with van der Waals surface area (Å²) in [6, 6.07) is 0.316. The number of hydrogen-bond donors (Lipinski definition) is 1. The van der Waals surface area contributed by atoms with E-state index < -0.39 is 10.8 Å². The second-order valence-corrected chi connectivity index (χ2v) is 4.27. The molecule has 2 atom stereocenters. The minimum atomic E-state index is -0.706. The predicted octanol–water partition coefficient (Wildman–Crippen LogP) is 0.379. The van der Waals surface area contributed by atoms with Crippen molar-refractivity contribution in [2.24, 2.45) is 0 Å². The van der Waals surface area contributed by atoms with Crippen molar-refractivity contribution in [1.82, 2.24) is 5.32 Å². The van der Waals surface area contributed by atoms with Gasteiger partial charge in [-0.3, -0.25) is 4.21 Å². The minimum Gasteiger partial charge on any atom is -0.380 e. The van der Waals surface area contributed by atoms with Gasteiger partial charge >= 0.3 is 0 Å². The Morgan fingerprint density at radius 1 is 1.58 bits per heavy atom. The van der Waals surface area contributed by atoms with Gasteiger partial charge in [0.25, 0.3) is 0 Å². The number of hydrogen-bond acceptors (Lipinski definition) is 3. The third-order valence-electron chi connectivity index (χ3n) is 1.43. The van der Waals surface area contributed by atoms with E-state index in [2.05, 4.69) is 5.32 Å². The highest BCUT2D eigenvalue weighted by Gasteiger charge is 2.01. The molecule has 0 fully saturated rings. The smallest absolute Gasteiger partial charge is 0.0590 e. The lowest BCUT2D eigenvalue weighted by atomic mass is 10.4. The molecule has 0 aliphatic rings. The third-order valence-corrected chi connectivity index (χ3v) is 2.40. The van der Waals surface area contributed by atoms with Crippen LogP contribution in [0, 0.1) is 0 Å². The third kappa shape index (κ3) is 8.17. The van der Waals surface area contributed by atoms with Crippen molar-refractivity contribution < 1.29 is 8.95 Å². The summed E-state index contributed by atoms with van der Waals surface area (Å²) < 4.78 is 15.9. The quantitative estimate of drug-likeness (QED) is 0.594. The van der Waals surface area contributed by atoms with Crippen LogP contribution >= 0.6 is 0 Å². The molecule has 0 radical (unpaired) electrons. The molecule has 3 nitrogen and oxygen atoms in total. The van der Waals surface area contributed by atoms with Crippen molar-refractivity contribution in [3.8, 4) is 0 Å². The first-order chi connectivity index (χ1) is 5.66. The van der Waals surface area contributed by atoms with Gasteiger partial charge in [0, 0.05) is 42.0 Å². The molecule has 0 spiro atoms. The van der Waals surface area contributed by atoms with E-state index >= 15 is 0 Å². The van der Waals surface area contributed by atoms with E-state index in [0.717, 1.165) is 19.8 Å². The zero-order chi connectivity index (χ0) is 9.40. The van der Waals surface area contributed by atoms with Crippen molar-refractivity contribution >= 4 is 10.8 Å². The standard InChI is InChI=1S/C8H19NO2S/c1-4-11-6-5-9-8(2)7-12(3)10/h8-9H,4-7H2,1-3H3. The first-order valence-electron chi connectivity index (χ1n) is 4.28. The van der Waals surface area contributed by atoms with Crippen LogP contribution in [0.15, 0.2) is 0 Å². The van der Waals surface area contributed by atoms with Gasteiger partial charge in [0.05, 0.1) is 6.61 Å². The van der Waals surface area contributed by atoms with Crippen LogP contribution in [0.4, 0.5) is 0 Å². The van der Waals surface area contributed by atoms with Crippen LogP contribution in [-0.2, 0) is 15.5 Å². The maximum Gasteiger partial charge on any atom is 0.0590 e. The lowest BCUT2D eigenvalue weighted by Gasteiger charge is -2.11.